The molecule has 9 nitrogen and oxygen atoms in total. The summed E-state index contributed by atoms with van der Waals surface area (Å²) in [5.41, 5.74) is -0.416. The van der Waals surface area contributed by atoms with Gasteiger partial charge in [0, 0.05) is 16.5 Å². The average molecular weight is 465 g/mol. The van der Waals surface area contributed by atoms with Crippen molar-refractivity contribution in [3.05, 3.63) is 69.6 Å². The van der Waals surface area contributed by atoms with Gasteiger partial charge in [-0.1, -0.05) is 18.2 Å². The Kier molecular flexibility index (Phi) is 6.27. The third-order valence-corrected chi connectivity index (χ3v) is 5.43. The summed E-state index contributed by atoms with van der Waals surface area (Å²) in [7, 11) is 1.45. The van der Waals surface area contributed by atoms with Crippen LogP contribution < -0.4 is 15.7 Å². The van der Waals surface area contributed by atoms with E-state index in [9.17, 15) is 19.5 Å². The number of esters is 2. The van der Waals surface area contributed by atoms with E-state index in [1.54, 1.807) is 38.1 Å². The number of benzene rings is 2. The van der Waals surface area contributed by atoms with Gasteiger partial charge < -0.3 is 29.1 Å². The number of carbonyl (C=O) groups excluding carboxylic acids is 2. The lowest BCUT2D eigenvalue weighted by molar-refractivity contribution is -0.140. The number of phenols is 1. The number of ether oxygens (including phenoxy) is 3. The summed E-state index contributed by atoms with van der Waals surface area (Å²) >= 11 is 0. The smallest absolute Gasteiger partial charge is 0.360 e. The van der Waals surface area contributed by atoms with Gasteiger partial charge in [0.1, 0.15) is 22.8 Å². The molecule has 0 saturated heterocycles. The van der Waals surface area contributed by atoms with E-state index in [0.29, 0.717) is 11.1 Å². The monoisotopic (exact) mass is 465 g/mol. The molecule has 1 atom stereocenters. The molecule has 0 radical (unpaired) electrons. The molecule has 34 heavy (non-hydrogen) atoms. The predicted octanol–water partition coefficient (Wildman–Crippen LogP) is 3.55. The van der Waals surface area contributed by atoms with Gasteiger partial charge in [-0.3, -0.25) is 0 Å². The van der Waals surface area contributed by atoms with Crippen molar-refractivity contribution in [3.8, 4) is 11.5 Å². The van der Waals surface area contributed by atoms with Gasteiger partial charge in [0.25, 0.3) is 0 Å². The SMILES string of the molecule is CCOC(=O)C1=C(C(=O)OCC)[C@@H](c2cc(OC)ccc2O)Nc2c1c1ccccc1oc2=O. The van der Waals surface area contributed by atoms with Crippen LogP contribution in [0, 0.1) is 0 Å². The fourth-order valence-electron chi connectivity index (χ4n) is 4.00. The number of hydrogen-bond acceptors (Lipinski definition) is 9. The zero-order valence-corrected chi connectivity index (χ0v) is 18.8. The maximum Gasteiger partial charge on any atom is 0.360 e. The van der Waals surface area contributed by atoms with Crippen molar-refractivity contribution in [1.29, 1.82) is 0 Å². The highest BCUT2D eigenvalue weighted by Crippen LogP contribution is 2.45. The Bertz CT molecular complexity index is 1370. The highest BCUT2D eigenvalue weighted by molar-refractivity contribution is 6.28. The first-order valence-electron chi connectivity index (χ1n) is 10.7. The summed E-state index contributed by atoms with van der Waals surface area (Å²) in [6.45, 7) is 3.34. The fourth-order valence-corrected chi connectivity index (χ4v) is 4.00. The third-order valence-electron chi connectivity index (χ3n) is 5.43. The van der Waals surface area contributed by atoms with E-state index < -0.39 is 23.6 Å². The number of nitrogens with one attached hydrogen (secondary N) is 1. The quantitative estimate of drug-likeness (QED) is 0.415. The lowest BCUT2D eigenvalue weighted by atomic mass is 9.85. The van der Waals surface area contributed by atoms with Crippen molar-refractivity contribution >= 4 is 34.2 Å². The molecule has 2 aromatic carbocycles. The van der Waals surface area contributed by atoms with E-state index in [4.69, 9.17) is 18.6 Å². The zero-order valence-electron chi connectivity index (χ0n) is 18.8. The Labute approximate surface area is 194 Å². The zero-order chi connectivity index (χ0) is 24.4. The number of fused-ring (bicyclic) bond motifs is 3. The van der Waals surface area contributed by atoms with Gasteiger partial charge in [-0.05, 0) is 38.1 Å². The minimum atomic E-state index is -1.13. The summed E-state index contributed by atoms with van der Waals surface area (Å²) in [6, 6.07) is 9.96. The maximum absolute atomic E-state index is 13.3. The largest absolute Gasteiger partial charge is 0.508 e. The normalized spacial score (nSPS) is 14.9. The van der Waals surface area contributed by atoms with Crippen LogP contribution in [-0.4, -0.2) is 37.4 Å². The Morgan fingerprint density at radius 1 is 1.06 bits per heavy atom. The minimum absolute atomic E-state index is 0.0374. The first-order valence-corrected chi connectivity index (χ1v) is 10.7. The lowest BCUT2D eigenvalue weighted by Gasteiger charge is -2.30. The molecule has 2 heterocycles. The fraction of sp³-hybridized carbons (Fsp3) is 0.240. The van der Waals surface area contributed by atoms with Crippen molar-refractivity contribution < 1.29 is 33.3 Å². The Hall–Kier alpha value is -4.27. The first kappa shape index (κ1) is 22.9. The van der Waals surface area contributed by atoms with Crippen LogP contribution in [0.3, 0.4) is 0 Å². The highest BCUT2D eigenvalue weighted by atomic mass is 16.5. The number of carbonyl (C=O) groups is 2. The van der Waals surface area contributed by atoms with Gasteiger partial charge in [-0.25, -0.2) is 14.4 Å². The van der Waals surface area contributed by atoms with Crippen LogP contribution in [0.15, 0.2) is 57.2 Å². The number of phenolic OH excluding ortho intramolecular Hbond substituents is 1. The Balaban J connectivity index is 2.13. The van der Waals surface area contributed by atoms with E-state index in [2.05, 4.69) is 5.32 Å². The van der Waals surface area contributed by atoms with Crippen molar-refractivity contribution in [2.24, 2.45) is 0 Å². The van der Waals surface area contributed by atoms with Gasteiger partial charge >= 0.3 is 17.6 Å². The first-order chi connectivity index (χ1) is 16.4. The van der Waals surface area contributed by atoms with Crippen LogP contribution in [0.1, 0.15) is 31.0 Å². The molecule has 0 aliphatic carbocycles. The summed E-state index contributed by atoms with van der Waals surface area (Å²) in [6.07, 6.45) is 0. The number of hydrogen-bond donors (Lipinski definition) is 2. The third kappa shape index (κ3) is 3.85. The number of rotatable bonds is 6. The van der Waals surface area contributed by atoms with E-state index in [1.165, 1.54) is 25.3 Å². The molecular formula is C25H23NO8. The second-order valence-electron chi connectivity index (χ2n) is 7.37. The molecule has 1 aromatic heterocycles. The van der Waals surface area contributed by atoms with E-state index >= 15 is 0 Å². The van der Waals surface area contributed by atoms with Crippen LogP contribution in [0.4, 0.5) is 5.69 Å². The second-order valence-corrected chi connectivity index (χ2v) is 7.37. The molecule has 9 heteroatoms. The lowest BCUT2D eigenvalue weighted by Crippen LogP contribution is -2.31. The standard InChI is InChI=1S/C25H23NO8/c1-4-32-23(28)19-18-14-8-6-7-9-17(14)34-25(30)22(18)26-21(20(19)24(29)33-5-2)15-12-13(31-3)10-11-16(15)27/h6-12,21,26-27H,4-5H2,1-3H3/t21-/m1/s1. The molecule has 0 spiro atoms. The Morgan fingerprint density at radius 2 is 1.76 bits per heavy atom. The molecule has 0 saturated carbocycles. The van der Waals surface area contributed by atoms with Gasteiger partial charge in [-0.2, -0.15) is 0 Å². The van der Waals surface area contributed by atoms with Gasteiger partial charge in [-0.15, -0.1) is 0 Å². The van der Waals surface area contributed by atoms with Crippen LogP contribution in [0.25, 0.3) is 16.5 Å². The van der Waals surface area contributed by atoms with Crippen molar-refractivity contribution in [2.45, 2.75) is 19.9 Å². The summed E-state index contributed by atoms with van der Waals surface area (Å²) in [5, 5.41) is 14.1. The number of methoxy groups -OCH3 is 1. The van der Waals surface area contributed by atoms with Crippen LogP contribution in [0.5, 0.6) is 11.5 Å². The predicted molar refractivity (Wildman–Crippen MR) is 124 cm³/mol. The van der Waals surface area contributed by atoms with Crippen molar-refractivity contribution in [2.75, 3.05) is 25.6 Å². The summed E-state index contributed by atoms with van der Waals surface area (Å²) in [4.78, 5) is 39.5. The molecular weight excluding hydrogens is 442 g/mol. The minimum Gasteiger partial charge on any atom is -0.508 e. The summed E-state index contributed by atoms with van der Waals surface area (Å²) in [5.74, 6) is -1.39. The molecule has 0 bridgehead atoms. The molecule has 3 aromatic rings. The van der Waals surface area contributed by atoms with E-state index in [0.717, 1.165) is 0 Å². The average Bonchev–Trinajstić information content (AvgIpc) is 2.83. The molecule has 0 amide bonds. The number of aromatic hydroxyl groups is 1. The molecule has 4 rings (SSSR count). The molecule has 2 N–H and O–H groups in total. The molecule has 0 unspecified atom stereocenters. The van der Waals surface area contributed by atoms with Crippen molar-refractivity contribution in [3.63, 3.8) is 0 Å². The number of anilines is 1. The van der Waals surface area contributed by atoms with Crippen LogP contribution in [-0.2, 0) is 19.1 Å². The topological polar surface area (TPSA) is 124 Å². The van der Waals surface area contributed by atoms with Crippen LogP contribution >= 0.6 is 0 Å². The number of para-hydroxylation sites is 1. The second kappa shape index (κ2) is 9.30. The van der Waals surface area contributed by atoms with Gasteiger partial charge in [0.2, 0.25) is 0 Å². The van der Waals surface area contributed by atoms with Gasteiger partial charge in [0.15, 0.2) is 0 Å². The molecule has 1 aliphatic heterocycles. The van der Waals surface area contributed by atoms with E-state index in [-0.39, 0.29) is 52.5 Å². The van der Waals surface area contributed by atoms with E-state index in [1.807, 2.05) is 0 Å². The molecule has 1 aliphatic rings. The summed E-state index contributed by atoms with van der Waals surface area (Å²) < 4.78 is 21.3. The van der Waals surface area contributed by atoms with Gasteiger partial charge in [0.05, 0.1) is 37.5 Å². The molecule has 0 fully saturated rings. The van der Waals surface area contributed by atoms with Crippen molar-refractivity contribution in [1.82, 2.24) is 0 Å². The molecule has 176 valence electrons. The maximum atomic E-state index is 13.3. The highest BCUT2D eigenvalue weighted by Gasteiger charge is 2.40. The Morgan fingerprint density at radius 3 is 2.47 bits per heavy atom. The van der Waals surface area contributed by atoms with Crippen LogP contribution in [0.2, 0.25) is 0 Å².